The minimum absolute atomic E-state index is 0.0731. The SMILES string of the molecule is C=C/C(=C\N(C)C)c1cccc(C(C)=N/C(NC23CC2(CN)C3)=C(C=C)/C(C=NC)=C/C)c1. The Hall–Kier alpha value is -3.18. The van der Waals surface area contributed by atoms with E-state index in [1.54, 1.807) is 7.05 Å². The summed E-state index contributed by atoms with van der Waals surface area (Å²) in [5.41, 5.74) is 12.4. The van der Waals surface area contributed by atoms with Crippen LogP contribution in [0.2, 0.25) is 0 Å². The lowest BCUT2D eigenvalue weighted by atomic mass is 10.0. The number of hydrogen-bond donors (Lipinski definition) is 2. The van der Waals surface area contributed by atoms with E-state index in [9.17, 15) is 0 Å². The van der Waals surface area contributed by atoms with Gasteiger partial charge in [0.2, 0.25) is 0 Å². The van der Waals surface area contributed by atoms with E-state index in [2.05, 4.69) is 53.9 Å². The molecular formula is C28H37N5. The fraction of sp³-hybridized carbons (Fsp3) is 0.357. The zero-order valence-electron chi connectivity index (χ0n) is 20.7. The van der Waals surface area contributed by atoms with E-state index in [0.29, 0.717) is 6.54 Å². The molecule has 2 aliphatic carbocycles. The van der Waals surface area contributed by atoms with Gasteiger partial charge >= 0.3 is 0 Å². The zero-order valence-corrected chi connectivity index (χ0v) is 20.7. The van der Waals surface area contributed by atoms with Gasteiger partial charge in [-0.05, 0) is 55.0 Å². The molecule has 2 aliphatic rings. The predicted molar refractivity (Wildman–Crippen MR) is 142 cm³/mol. The number of benzene rings is 1. The number of nitrogens with two attached hydrogens (primary N) is 1. The topological polar surface area (TPSA) is 66.0 Å². The van der Waals surface area contributed by atoms with Crippen LogP contribution in [0.25, 0.3) is 5.57 Å². The van der Waals surface area contributed by atoms with Gasteiger partial charge in [0.15, 0.2) is 0 Å². The van der Waals surface area contributed by atoms with Gasteiger partial charge in [-0.15, -0.1) is 0 Å². The predicted octanol–water partition coefficient (Wildman–Crippen LogP) is 4.71. The molecule has 5 nitrogen and oxygen atoms in total. The van der Waals surface area contributed by atoms with E-state index in [4.69, 9.17) is 10.7 Å². The van der Waals surface area contributed by atoms with Gasteiger partial charge < -0.3 is 16.0 Å². The van der Waals surface area contributed by atoms with Crippen LogP contribution in [0.3, 0.4) is 0 Å². The van der Waals surface area contributed by atoms with Crippen molar-refractivity contribution in [2.24, 2.45) is 21.1 Å². The lowest BCUT2D eigenvalue weighted by Crippen LogP contribution is -2.24. The van der Waals surface area contributed by atoms with Crippen molar-refractivity contribution >= 4 is 17.5 Å². The van der Waals surface area contributed by atoms with Gasteiger partial charge in [0.05, 0.1) is 0 Å². The first-order chi connectivity index (χ1) is 15.8. The number of nitrogens with zero attached hydrogens (tertiary/aromatic N) is 3. The summed E-state index contributed by atoms with van der Waals surface area (Å²) >= 11 is 0. The van der Waals surface area contributed by atoms with Crippen LogP contribution in [0, 0.1) is 5.41 Å². The third kappa shape index (κ3) is 4.93. The molecule has 5 heteroatoms. The van der Waals surface area contributed by atoms with Gasteiger partial charge in [-0.25, -0.2) is 4.99 Å². The minimum atomic E-state index is 0.0731. The maximum atomic E-state index is 6.04. The Bertz CT molecular complexity index is 1080. The van der Waals surface area contributed by atoms with Crippen molar-refractivity contribution in [3.8, 4) is 0 Å². The highest BCUT2D eigenvalue weighted by molar-refractivity contribution is 6.00. The van der Waals surface area contributed by atoms with Gasteiger partial charge in [0.25, 0.3) is 0 Å². The summed E-state index contributed by atoms with van der Waals surface area (Å²) in [5.74, 6) is 0.821. The molecule has 0 unspecified atom stereocenters. The Morgan fingerprint density at radius 2 is 1.91 bits per heavy atom. The minimum Gasteiger partial charge on any atom is -0.383 e. The first-order valence-corrected chi connectivity index (χ1v) is 11.4. The average molecular weight is 444 g/mol. The van der Waals surface area contributed by atoms with Crippen LogP contribution >= 0.6 is 0 Å². The first kappa shape index (κ1) is 24.5. The number of rotatable bonds is 11. The Morgan fingerprint density at radius 3 is 2.42 bits per heavy atom. The molecule has 0 aromatic heterocycles. The highest BCUT2D eigenvalue weighted by atomic mass is 15.2. The summed E-state index contributed by atoms with van der Waals surface area (Å²) in [7, 11) is 5.79. The van der Waals surface area contributed by atoms with Crippen LogP contribution in [0.1, 0.15) is 37.8 Å². The lowest BCUT2D eigenvalue weighted by Gasteiger charge is -2.16. The molecule has 0 aliphatic heterocycles. The highest BCUT2D eigenvalue weighted by Crippen LogP contribution is 2.78. The van der Waals surface area contributed by atoms with Crippen molar-refractivity contribution in [3.05, 3.63) is 89.9 Å². The van der Waals surface area contributed by atoms with Crippen LogP contribution in [0.5, 0.6) is 0 Å². The van der Waals surface area contributed by atoms with Crippen molar-refractivity contribution in [1.29, 1.82) is 0 Å². The van der Waals surface area contributed by atoms with Gasteiger partial charge in [-0.2, -0.15) is 0 Å². The normalized spacial score (nSPS) is 25.3. The molecule has 1 aromatic carbocycles. The molecule has 0 amide bonds. The Morgan fingerprint density at radius 1 is 1.21 bits per heavy atom. The third-order valence-electron chi connectivity index (χ3n) is 6.65. The van der Waals surface area contributed by atoms with Gasteiger partial charge in [0.1, 0.15) is 5.82 Å². The van der Waals surface area contributed by atoms with Gasteiger partial charge in [-0.3, -0.25) is 4.99 Å². The maximum absolute atomic E-state index is 6.04. The van der Waals surface area contributed by atoms with Crippen LogP contribution in [-0.4, -0.2) is 50.1 Å². The lowest BCUT2D eigenvalue weighted by molar-refractivity contribution is 0.566. The summed E-state index contributed by atoms with van der Waals surface area (Å²) < 4.78 is 0. The molecule has 3 N–H and O–H groups in total. The number of allylic oxidation sites excluding steroid dienone is 6. The summed E-state index contributed by atoms with van der Waals surface area (Å²) in [6.45, 7) is 12.8. The molecule has 0 heterocycles. The van der Waals surface area contributed by atoms with Crippen molar-refractivity contribution < 1.29 is 0 Å². The molecule has 0 atom stereocenters. The van der Waals surface area contributed by atoms with Crippen LogP contribution in [-0.2, 0) is 0 Å². The quantitative estimate of drug-likeness (QED) is 0.384. The van der Waals surface area contributed by atoms with Gasteiger partial charge in [0, 0.05) is 62.3 Å². The Kier molecular flexibility index (Phi) is 7.23. The number of aliphatic imine (C=N–C) groups is 2. The van der Waals surface area contributed by atoms with E-state index >= 15 is 0 Å². The van der Waals surface area contributed by atoms with E-state index in [1.807, 2.05) is 57.3 Å². The molecule has 33 heavy (non-hydrogen) atoms. The van der Waals surface area contributed by atoms with E-state index in [0.717, 1.165) is 52.2 Å². The molecule has 2 saturated carbocycles. The molecular weight excluding hydrogens is 406 g/mol. The molecule has 0 spiro atoms. The smallest absolute Gasteiger partial charge is 0.134 e. The number of hydrogen-bond acceptors (Lipinski definition) is 5. The van der Waals surface area contributed by atoms with Crippen molar-refractivity contribution in [1.82, 2.24) is 10.2 Å². The monoisotopic (exact) mass is 443 g/mol. The largest absolute Gasteiger partial charge is 0.383 e. The Balaban J connectivity index is 2.04. The fourth-order valence-electron chi connectivity index (χ4n) is 4.43. The molecule has 2 fully saturated rings. The first-order valence-electron chi connectivity index (χ1n) is 11.4. The molecule has 3 rings (SSSR count). The van der Waals surface area contributed by atoms with Crippen molar-refractivity contribution in [2.45, 2.75) is 32.2 Å². The fourth-order valence-corrected chi connectivity index (χ4v) is 4.43. The average Bonchev–Trinajstić information content (AvgIpc) is 3.63. The van der Waals surface area contributed by atoms with E-state index < -0.39 is 0 Å². The second-order valence-corrected chi connectivity index (χ2v) is 9.17. The molecule has 1 aromatic rings. The zero-order chi connectivity index (χ0) is 24.2. The summed E-state index contributed by atoms with van der Waals surface area (Å²) in [5, 5.41) is 3.74. The third-order valence-corrected chi connectivity index (χ3v) is 6.65. The van der Waals surface area contributed by atoms with E-state index in [1.165, 1.54) is 0 Å². The maximum Gasteiger partial charge on any atom is 0.134 e. The highest BCUT2D eigenvalue weighted by Gasteiger charge is 2.82. The molecule has 0 radical (unpaired) electrons. The van der Waals surface area contributed by atoms with Crippen molar-refractivity contribution in [3.63, 3.8) is 0 Å². The van der Waals surface area contributed by atoms with Crippen LogP contribution in [0.15, 0.2) is 88.8 Å². The van der Waals surface area contributed by atoms with Crippen LogP contribution < -0.4 is 11.1 Å². The summed E-state index contributed by atoms with van der Waals surface area (Å²) in [6, 6.07) is 8.39. The number of nitrogens with one attached hydrogen (secondary N) is 1. The standard InChI is InChI=1S/C28H37N5/c1-8-21(15-30-5)25(10-3)26(32-28-17-27(28,18-28)19-29)31-20(4)23-12-11-13-24(14-23)22(9-2)16-33(6)7/h8-16,32H,2-3,17-19,29H2,1,4-7H3/b21-8+,22-16+,26-25-,30-15?,31-20?. The summed E-state index contributed by atoms with van der Waals surface area (Å²) in [6.07, 6.45) is 11.9. The second-order valence-electron chi connectivity index (χ2n) is 9.17. The molecule has 0 bridgehead atoms. The number of fused-ring (bicyclic) bond motifs is 1. The second kappa shape index (κ2) is 9.75. The van der Waals surface area contributed by atoms with Crippen molar-refractivity contribution in [2.75, 3.05) is 27.7 Å². The molecule has 0 saturated heterocycles. The van der Waals surface area contributed by atoms with Gasteiger partial charge in [-0.1, -0.05) is 49.6 Å². The van der Waals surface area contributed by atoms with Crippen LogP contribution in [0.4, 0.5) is 0 Å². The summed E-state index contributed by atoms with van der Waals surface area (Å²) in [4.78, 5) is 11.3. The Labute approximate surface area is 198 Å². The molecule has 174 valence electrons. The van der Waals surface area contributed by atoms with E-state index in [-0.39, 0.29) is 11.0 Å².